The van der Waals surface area contributed by atoms with Crippen LogP contribution in [0.3, 0.4) is 0 Å². The van der Waals surface area contributed by atoms with Crippen LogP contribution in [0.25, 0.3) is 11.2 Å². The van der Waals surface area contributed by atoms with Crippen molar-refractivity contribution in [3.8, 4) is 0 Å². The summed E-state index contributed by atoms with van der Waals surface area (Å²) in [5.74, 6) is -0.0101. The quantitative estimate of drug-likeness (QED) is 0.140. The lowest BCUT2D eigenvalue weighted by Gasteiger charge is -2.27. The molecule has 3 rings (SSSR count). The molecule has 186 valence electrons. The maximum absolute atomic E-state index is 12.0. The number of ether oxygens (including phenoxy) is 1. The van der Waals surface area contributed by atoms with Crippen LogP contribution in [0.15, 0.2) is 11.1 Å². The van der Waals surface area contributed by atoms with Crippen molar-refractivity contribution in [2.24, 2.45) is 5.41 Å². The minimum Gasteiger partial charge on any atom is -0.387 e. The first-order valence-electron chi connectivity index (χ1n) is 10.0. The predicted molar refractivity (Wildman–Crippen MR) is 120 cm³/mol. The second-order valence-corrected chi connectivity index (χ2v) is 10.3. The highest BCUT2D eigenvalue weighted by Crippen LogP contribution is 2.40. The normalized spacial score (nSPS) is 25.6. The van der Waals surface area contributed by atoms with Gasteiger partial charge in [-0.25, -0.2) is 4.98 Å². The summed E-state index contributed by atoms with van der Waals surface area (Å²) >= 11 is 0.870. The zero-order valence-electron chi connectivity index (χ0n) is 18.5. The van der Waals surface area contributed by atoms with Crippen molar-refractivity contribution < 1.29 is 38.2 Å². The number of carbonyl (C=O) groups excluding carboxylic acids is 2. The second kappa shape index (κ2) is 10.2. The fourth-order valence-electron chi connectivity index (χ4n) is 3.14. The molecule has 5 N–H and O–H groups in total. The molecule has 1 aliphatic rings. The van der Waals surface area contributed by atoms with Crippen LogP contribution in [-0.4, -0.2) is 77.9 Å². The average molecular weight is 518 g/mol. The van der Waals surface area contributed by atoms with Crippen molar-refractivity contribution in [3.05, 3.63) is 16.7 Å². The minimum absolute atomic E-state index is 0.0350. The van der Waals surface area contributed by atoms with Gasteiger partial charge < -0.3 is 25.5 Å². The first-order valence-corrected chi connectivity index (χ1v) is 12.1. The maximum atomic E-state index is 12.0. The van der Waals surface area contributed by atoms with E-state index in [-0.39, 0.29) is 34.6 Å². The second-order valence-electron chi connectivity index (χ2n) is 8.30. The molecule has 0 saturated carbocycles. The fraction of sp³-hybridized carbons (Fsp3) is 0.611. The Morgan fingerprint density at radius 3 is 2.88 bits per heavy atom. The average Bonchev–Trinajstić information content (AvgIpc) is 3.28. The zero-order chi connectivity index (χ0) is 25.3. The van der Waals surface area contributed by atoms with Crippen LogP contribution in [0.1, 0.15) is 27.0 Å². The van der Waals surface area contributed by atoms with Crippen molar-refractivity contribution in [2.45, 2.75) is 44.8 Å². The highest BCUT2D eigenvalue weighted by atomic mass is 32.2. The lowest BCUT2D eigenvalue weighted by molar-refractivity contribution is -0.126. The van der Waals surface area contributed by atoms with Gasteiger partial charge in [0.2, 0.25) is 11.1 Å². The Morgan fingerprint density at radius 2 is 2.21 bits per heavy atom. The number of H-pyrrole nitrogens is 1. The van der Waals surface area contributed by atoms with Crippen molar-refractivity contribution in [1.29, 1.82) is 0 Å². The first-order chi connectivity index (χ1) is 15.9. The number of aromatic amines is 1. The summed E-state index contributed by atoms with van der Waals surface area (Å²) in [4.78, 5) is 45.0. The van der Waals surface area contributed by atoms with Crippen LogP contribution in [0.4, 0.5) is 5.95 Å². The Balaban J connectivity index is 1.57. The van der Waals surface area contributed by atoms with E-state index in [1.165, 1.54) is 31.7 Å². The fourth-order valence-corrected chi connectivity index (χ4v) is 4.62. The molecule has 0 aromatic carbocycles. The number of hydrogen-bond acceptors (Lipinski definition) is 13. The molecule has 1 aliphatic heterocycles. The van der Waals surface area contributed by atoms with Crippen LogP contribution >= 0.6 is 20.0 Å². The predicted octanol–water partition coefficient (Wildman–Crippen LogP) is -0.113. The third-order valence-electron chi connectivity index (χ3n) is 5.14. The summed E-state index contributed by atoms with van der Waals surface area (Å²) in [7, 11) is -2.62. The molecule has 0 bridgehead atoms. The number of nitrogen functional groups attached to an aromatic ring is 1. The van der Waals surface area contributed by atoms with E-state index in [1.54, 1.807) is 0 Å². The lowest BCUT2D eigenvalue weighted by atomic mass is 9.96. The topological polar surface area (TPSA) is 209 Å². The molecule has 34 heavy (non-hydrogen) atoms. The molecule has 5 atom stereocenters. The number of nitrogens with two attached hydrogens (primary N) is 1. The molecular formula is C18H25N5O9PS+. The van der Waals surface area contributed by atoms with Crippen molar-refractivity contribution >= 4 is 48.5 Å². The molecule has 0 spiro atoms. The Bertz CT molecular complexity index is 1150. The molecule has 1 fully saturated rings. The molecule has 0 aliphatic carbocycles. The Morgan fingerprint density at radius 1 is 1.50 bits per heavy atom. The summed E-state index contributed by atoms with van der Waals surface area (Å²) in [6, 6.07) is 0. The number of nitrogens with zero attached hydrogens (tertiary/aromatic N) is 3. The highest BCUT2D eigenvalue weighted by Gasteiger charge is 2.54. The van der Waals surface area contributed by atoms with E-state index in [9.17, 15) is 29.2 Å². The number of aliphatic hydroxyl groups is 2. The monoisotopic (exact) mass is 518 g/mol. The molecule has 0 amide bonds. The number of fused-ring (bicyclic) bond motifs is 1. The third-order valence-corrected chi connectivity index (χ3v) is 7.05. The van der Waals surface area contributed by atoms with Crippen molar-refractivity contribution in [1.82, 2.24) is 19.5 Å². The zero-order valence-corrected chi connectivity index (χ0v) is 20.2. The Labute approximate surface area is 198 Å². The van der Waals surface area contributed by atoms with Crippen molar-refractivity contribution in [2.75, 3.05) is 24.7 Å². The van der Waals surface area contributed by atoms with E-state index >= 15 is 0 Å². The highest BCUT2D eigenvalue weighted by molar-refractivity contribution is 8.13. The standard InChI is InChI=1S/C18H24N5O9PS/c1-17(2,7-24)15(27)34-5-4-30-33(29)31-6-9-11(25)18(3,28)14(32-9)23-8-20-10-12(23)21-16(19)22-13(10)26/h7-9,11,14,25,28H,4-6H2,1-3H3,(H2-,19,21,22,26)/p+1/t9-,11?,14-,18-/m1/s1. The number of nitrogens with one attached hydrogen (secondary N) is 1. The largest absolute Gasteiger partial charge is 0.697 e. The van der Waals surface area contributed by atoms with Crippen LogP contribution in [-0.2, 0) is 27.9 Å². The van der Waals surface area contributed by atoms with Gasteiger partial charge >= 0.3 is 8.25 Å². The van der Waals surface area contributed by atoms with Gasteiger partial charge in [-0.3, -0.25) is 19.1 Å². The molecule has 2 unspecified atom stereocenters. The molecular weight excluding hydrogens is 493 g/mol. The Kier molecular flexibility index (Phi) is 7.87. The summed E-state index contributed by atoms with van der Waals surface area (Å²) < 4.78 is 29.1. The minimum atomic E-state index is -2.62. The summed E-state index contributed by atoms with van der Waals surface area (Å²) in [6.07, 6.45) is -2.01. The smallest absolute Gasteiger partial charge is 0.387 e. The summed E-state index contributed by atoms with van der Waals surface area (Å²) in [6.45, 7) is 3.82. The molecule has 14 nitrogen and oxygen atoms in total. The van der Waals surface area contributed by atoms with Crippen LogP contribution in [0, 0.1) is 5.41 Å². The summed E-state index contributed by atoms with van der Waals surface area (Å²) in [5, 5.41) is 21.1. The number of rotatable bonds is 10. The van der Waals surface area contributed by atoms with Crippen LogP contribution < -0.4 is 11.3 Å². The molecule has 3 heterocycles. The number of anilines is 1. The Hall–Kier alpha value is -2.26. The number of aromatic nitrogens is 4. The van der Waals surface area contributed by atoms with E-state index in [4.69, 9.17) is 19.5 Å². The number of carbonyl (C=O) groups is 2. The van der Waals surface area contributed by atoms with Crippen LogP contribution in [0.5, 0.6) is 0 Å². The van der Waals surface area contributed by atoms with Gasteiger partial charge in [-0.2, -0.15) is 4.98 Å². The number of aldehydes is 1. The van der Waals surface area contributed by atoms with Gasteiger partial charge in [-0.05, 0) is 20.8 Å². The molecule has 16 heteroatoms. The summed E-state index contributed by atoms with van der Waals surface area (Å²) in [5.41, 5.74) is 2.04. The van der Waals surface area contributed by atoms with Gasteiger partial charge in [-0.15, -0.1) is 9.05 Å². The number of hydrogen-bond donors (Lipinski definition) is 4. The maximum Gasteiger partial charge on any atom is 0.697 e. The number of imidazole rings is 1. The SMILES string of the molecule is CC(C)(C=O)C(=O)SCCO[P+](=O)OC[C@H]1O[C@@H](n2cnc3c(=O)[nH]c(N)nc32)[C@](C)(O)C1O. The third kappa shape index (κ3) is 5.35. The van der Waals surface area contributed by atoms with Gasteiger partial charge in [0.1, 0.15) is 37.3 Å². The van der Waals surface area contributed by atoms with Gasteiger partial charge in [0.25, 0.3) is 5.56 Å². The van der Waals surface area contributed by atoms with Gasteiger partial charge in [0, 0.05) is 10.3 Å². The van der Waals surface area contributed by atoms with E-state index in [0.717, 1.165) is 11.8 Å². The van der Waals surface area contributed by atoms with Gasteiger partial charge in [-0.1, -0.05) is 11.8 Å². The van der Waals surface area contributed by atoms with E-state index < -0.39 is 49.9 Å². The van der Waals surface area contributed by atoms with Crippen LogP contribution in [0.2, 0.25) is 0 Å². The molecule has 2 aromatic rings. The molecule has 2 aromatic heterocycles. The lowest BCUT2D eigenvalue weighted by Crippen LogP contribution is -2.44. The number of aliphatic hydroxyl groups excluding tert-OH is 1. The molecule has 1 saturated heterocycles. The molecule has 0 radical (unpaired) electrons. The van der Waals surface area contributed by atoms with Gasteiger partial charge in [0.15, 0.2) is 17.4 Å². The van der Waals surface area contributed by atoms with Crippen molar-refractivity contribution in [3.63, 3.8) is 0 Å². The number of thioether (sulfide) groups is 1. The van der Waals surface area contributed by atoms with E-state index in [0.29, 0.717) is 6.29 Å². The van der Waals surface area contributed by atoms with E-state index in [1.807, 2.05) is 0 Å². The van der Waals surface area contributed by atoms with E-state index in [2.05, 4.69) is 15.0 Å². The first kappa shape index (κ1) is 26.3. The van der Waals surface area contributed by atoms with Gasteiger partial charge in [0.05, 0.1) is 11.7 Å².